The van der Waals surface area contributed by atoms with Gasteiger partial charge in [0.25, 0.3) is 5.91 Å². The number of benzene rings is 3. The summed E-state index contributed by atoms with van der Waals surface area (Å²) >= 11 is 9.32. The molecule has 0 saturated heterocycles. The largest absolute Gasteiger partial charge is 0.507 e. The minimum Gasteiger partial charge on any atom is -0.507 e. The molecule has 0 saturated carbocycles. The summed E-state index contributed by atoms with van der Waals surface area (Å²) in [6.45, 7) is -0.236. The number of carbonyl (C=O) groups is 1. The zero-order valence-electron chi connectivity index (χ0n) is 13.4. The van der Waals surface area contributed by atoms with Crippen molar-refractivity contribution >= 4 is 50.4 Å². The van der Waals surface area contributed by atoms with E-state index in [2.05, 4.69) is 26.5 Å². The lowest BCUT2D eigenvalue weighted by atomic mass is 10.0. The molecule has 0 bridgehead atoms. The van der Waals surface area contributed by atoms with Crippen LogP contribution in [0.2, 0.25) is 5.02 Å². The highest BCUT2D eigenvalue weighted by atomic mass is 79.9. The standard InChI is InChI=1S/C19H14BrClN2O3/c20-13-6-8-18(16(21)9-13)26-11-19(25)23-22-10-15-14-4-2-1-3-12(14)5-7-17(15)24/h1-10,24H,11H2,(H,23,25)/b22-10+. The Kier molecular flexibility index (Phi) is 5.75. The number of nitrogens with one attached hydrogen (secondary N) is 1. The van der Waals surface area contributed by atoms with E-state index in [1.54, 1.807) is 24.3 Å². The second kappa shape index (κ2) is 8.21. The summed E-state index contributed by atoms with van der Waals surface area (Å²) in [5, 5.41) is 16.1. The number of hydrazone groups is 1. The number of hydrogen-bond acceptors (Lipinski definition) is 4. The fourth-order valence-corrected chi connectivity index (χ4v) is 3.08. The molecular weight excluding hydrogens is 420 g/mol. The highest BCUT2D eigenvalue weighted by Crippen LogP contribution is 2.27. The second-order valence-electron chi connectivity index (χ2n) is 5.38. The molecule has 3 rings (SSSR count). The first-order chi connectivity index (χ1) is 12.5. The summed E-state index contributed by atoms with van der Waals surface area (Å²) in [6.07, 6.45) is 1.40. The molecule has 3 aromatic carbocycles. The van der Waals surface area contributed by atoms with Crippen molar-refractivity contribution < 1.29 is 14.6 Å². The Morgan fingerprint density at radius 1 is 1.23 bits per heavy atom. The van der Waals surface area contributed by atoms with Gasteiger partial charge >= 0.3 is 0 Å². The van der Waals surface area contributed by atoms with E-state index in [-0.39, 0.29) is 12.4 Å². The number of phenols is 1. The zero-order chi connectivity index (χ0) is 18.5. The van der Waals surface area contributed by atoms with E-state index >= 15 is 0 Å². The van der Waals surface area contributed by atoms with Crippen molar-refractivity contribution in [3.63, 3.8) is 0 Å². The van der Waals surface area contributed by atoms with E-state index in [4.69, 9.17) is 16.3 Å². The highest BCUT2D eigenvalue weighted by Gasteiger charge is 2.07. The third kappa shape index (κ3) is 4.33. The lowest BCUT2D eigenvalue weighted by molar-refractivity contribution is -0.123. The van der Waals surface area contributed by atoms with Gasteiger partial charge in [-0.05, 0) is 35.0 Å². The molecule has 0 aliphatic carbocycles. The van der Waals surface area contributed by atoms with Gasteiger partial charge in [0, 0.05) is 10.0 Å². The minimum atomic E-state index is -0.444. The summed E-state index contributed by atoms with van der Waals surface area (Å²) in [5.74, 6) is 0.0419. The van der Waals surface area contributed by atoms with Crippen molar-refractivity contribution in [1.29, 1.82) is 0 Å². The van der Waals surface area contributed by atoms with Gasteiger partial charge in [0.15, 0.2) is 6.61 Å². The van der Waals surface area contributed by atoms with Gasteiger partial charge in [0.1, 0.15) is 11.5 Å². The lowest BCUT2D eigenvalue weighted by Crippen LogP contribution is -2.24. The van der Waals surface area contributed by atoms with E-state index in [0.29, 0.717) is 16.3 Å². The topological polar surface area (TPSA) is 70.9 Å². The summed E-state index contributed by atoms with van der Waals surface area (Å²) in [6, 6.07) is 16.1. The Morgan fingerprint density at radius 2 is 2.04 bits per heavy atom. The molecule has 0 atom stereocenters. The van der Waals surface area contributed by atoms with E-state index in [9.17, 15) is 9.90 Å². The highest BCUT2D eigenvalue weighted by molar-refractivity contribution is 9.10. The number of phenolic OH excluding ortho intramolecular Hbond substituents is 1. The van der Waals surface area contributed by atoms with Crippen LogP contribution in [0.25, 0.3) is 10.8 Å². The normalized spacial score (nSPS) is 11.0. The van der Waals surface area contributed by atoms with Gasteiger partial charge in [-0.15, -0.1) is 0 Å². The molecule has 0 unspecified atom stereocenters. The molecule has 132 valence electrons. The molecule has 0 aromatic heterocycles. The van der Waals surface area contributed by atoms with Crippen LogP contribution in [-0.2, 0) is 4.79 Å². The molecule has 7 heteroatoms. The molecule has 0 aliphatic rings. The number of rotatable bonds is 5. The third-order valence-electron chi connectivity index (χ3n) is 3.58. The Morgan fingerprint density at radius 3 is 2.85 bits per heavy atom. The van der Waals surface area contributed by atoms with Crippen LogP contribution in [-0.4, -0.2) is 23.8 Å². The van der Waals surface area contributed by atoms with Crippen molar-refractivity contribution in [2.24, 2.45) is 5.10 Å². The van der Waals surface area contributed by atoms with Crippen LogP contribution in [0, 0.1) is 0 Å². The number of hydrogen-bond donors (Lipinski definition) is 2. The van der Waals surface area contributed by atoms with Gasteiger partial charge in [-0.25, -0.2) is 5.43 Å². The molecule has 2 N–H and O–H groups in total. The van der Waals surface area contributed by atoms with E-state index in [1.165, 1.54) is 6.21 Å². The summed E-state index contributed by atoms with van der Waals surface area (Å²) in [5.41, 5.74) is 2.89. The third-order valence-corrected chi connectivity index (χ3v) is 4.37. The van der Waals surface area contributed by atoms with E-state index in [1.807, 2.05) is 30.3 Å². The van der Waals surface area contributed by atoms with E-state index in [0.717, 1.165) is 15.2 Å². The van der Waals surface area contributed by atoms with Crippen molar-refractivity contribution in [2.45, 2.75) is 0 Å². The molecule has 0 heterocycles. The van der Waals surface area contributed by atoms with Crippen LogP contribution in [0.15, 0.2) is 64.2 Å². The number of nitrogens with zero attached hydrogens (tertiary/aromatic N) is 1. The number of amides is 1. The van der Waals surface area contributed by atoms with Gasteiger partial charge in [-0.2, -0.15) is 5.10 Å². The number of ether oxygens (including phenoxy) is 1. The molecule has 0 fully saturated rings. The predicted octanol–water partition coefficient (Wildman–Crippen LogP) is 4.49. The molecule has 0 aliphatic heterocycles. The molecule has 26 heavy (non-hydrogen) atoms. The molecule has 1 amide bonds. The number of halogens is 2. The molecule has 0 spiro atoms. The number of fused-ring (bicyclic) bond motifs is 1. The average Bonchev–Trinajstić information content (AvgIpc) is 2.63. The van der Waals surface area contributed by atoms with Crippen LogP contribution in [0.3, 0.4) is 0 Å². The summed E-state index contributed by atoms with van der Waals surface area (Å²) < 4.78 is 6.18. The van der Waals surface area contributed by atoms with Crippen LogP contribution >= 0.6 is 27.5 Å². The maximum Gasteiger partial charge on any atom is 0.277 e. The first kappa shape index (κ1) is 18.2. The Bertz CT molecular complexity index is 992. The van der Waals surface area contributed by atoms with Crippen molar-refractivity contribution in [2.75, 3.05) is 6.61 Å². The van der Waals surface area contributed by atoms with Crippen LogP contribution in [0.5, 0.6) is 11.5 Å². The van der Waals surface area contributed by atoms with Crippen molar-refractivity contribution in [3.05, 3.63) is 69.7 Å². The van der Waals surface area contributed by atoms with Crippen molar-refractivity contribution in [1.82, 2.24) is 5.43 Å². The fourth-order valence-electron chi connectivity index (χ4n) is 2.36. The molecule has 3 aromatic rings. The Hall–Kier alpha value is -2.57. The van der Waals surface area contributed by atoms with Crippen LogP contribution < -0.4 is 10.2 Å². The Labute approximate surface area is 163 Å². The SMILES string of the molecule is O=C(COc1ccc(Br)cc1Cl)N/N=C/c1c(O)ccc2ccccc12. The summed E-state index contributed by atoms with van der Waals surface area (Å²) in [7, 11) is 0. The maximum atomic E-state index is 11.9. The molecule has 5 nitrogen and oxygen atoms in total. The first-order valence-corrected chi connectivity index (χ1v) is 8.82. The lowest BCUT2D eigenvalue weighted by Gasteiger charge is -2.07. The van der Waals surface area contributed by atoms with Crippen LogP contribution in [0.4, 0.5) is 0 Å². The summed E-state index contributed by atoms with van der Waals surface area (Å²) in [4.78, 5) is 11.9. The first-order valence-electron chi connectivity index (χ1n) is 7.65. The monoisotopic (exact) mass is 432 g/mol. The van der Waals surface area contributed by atoms with Gasteiger partial charge in [0.2, 0.25) is 0 Å². The maximum absolute atomic E-state index is 11.9. The number of aromatic hydroxyl groups is 1. The van der Waals surface area contributed by atoms with Gasteiger partial charge in [0.05, 0.1) is 11.2 Å². The molecular formula is C19H14BrClN2O3. The minimum absolute atomic E-state index is 0.0830. The average molecular weight is 434 g/mol. The fraction of sp³-hybridized carbons (Fsp3) is 0.0526. The Balaban J connectivity index is 1.64. The van der Waals surface area contributed by atoms with Gasteiger partial charge in [-0.3, -0.25) is 4.79 Å². The van der Waals surface area contributed by atoms with Gasteiger partial charge < -0.3 is 9.84 Å². The van der Waals surface area contributed by atoms with E-state index < -0.39 is 5.91 Å². The van der Waals surface area contributed by atoms with Crippen LogP contribution in [0.1, 0.15) is 5.56 Å². The van der Waals surface area contributed by atoms with Gasteiger partial charge in [-0.1, -0.05) is 57.9 Å². The number of carbonyl (C=O) groups excluding carboxylic acids is 1. The quantitative estimate of drug-likeness (QED) is 0.460. The zero-order valence-corrected chi connectivity index (χ0v) is 15.8. The molecule has 0 radical (unpaired) electrons. The smallest absolute Gasteiger partial charge is 0.277 e. The predicted molar refractivity (Wildman–Crippen MR) is 106 cm³/mol. The van der Waals surface area contributed by atoms with Crippen molar-refractivity contribution in [3.8, 4) is 11.5 Å². The second-order valence-corrected chi connectivity index (χ2v) is 6.70.